The Morgan fingerprint density at radius 2 is 2.08 bits per heavy atom. The molecule has 2 aliphatic carbocycles. The predicted octanol–water partition coefficient (Wildman–Crippen LogP) is 2.89. The molecule has 2 fully saturated rings. The van der Waals surface area contributed by atoms with Gasteiger partial charge in [0, 0.05) is 29.5 Å². The Hall–Kier alpha value is -2.21. The Bertz CT molecular complexity index is 754. The van der Waals surface area contributed by atoms with Crippen LogP contribution in [0.2, 0.25) is 0 Å². The van der Waals surface area contributed by atoms with Gasteiger partial charge in [0.2, 0.25) is 11.7 Å². The normalized spacial score (nSPS) is 23.4. The number of carbonyl (C=O) groups excluding carboxylic acids is 1. The second kappa shape index (κ2) is 6.96. The average molecular weight is 341 g/mol. The molecule has 1 heterocycles. The van der Waals surface area contributed by atoms with Crippen LogP contribution in [0.25, 0.3) is 11.4 Å². The lowest BCUT2D eigenvalue weighted by atomic mass is 9.86. The molecule has 2 aliphatic rings. The van der Waals surface area contributed by atoms with Gasteiger partial charge in [-0.1, -0.05) is 30.1 Å². The summed E-state index contributed by atoms with van der Waals surface area (Å²) in [5.41, 5.74) is 1.35. The molecule has 2 atom stereocenters. The minimum atomic E-state index is -0.305. The largest absolute Gasteiger partial charge is 0.393 e. The quantitative estimate of drug-likeness (QED) is 0.873. The van der Waals surface area contributed by atoms with Crippen molar-refractivity contribution in [3.8, 4) is 11.4 Å². The lowest BCUT2D eigenvalue weighted by Crippen LogP contribution is -2.36. The van der Waals surface area contributed by atoms with Crippen molar-refractivity contribution in [3.05, 3.63) is 35.7 Å². The molecule has 25 heavy (non-hydrogen) atoms. The Morgan fingerprint density at radius 1 is 1.24 bits per heavy atom. The fourth-order valence-electron chi connectivity index (χ4n) is 3.40. The second-order valence-corrected chi connectivity index (χ2v) is 7.13. The van der Waals surface area contributed by atoms with Crippen molar-refractivity contribution in [2.45, 2.75) is 50.5 Å². The van der Waals surface area contributed by atoms with Crippen molar-refractivity contribution in [2.24, 2.45) is 5.92 Å². The van der Waals surface area contributed by atoms with Crippen LogP contribution in [0, 0.1) is 5.92 Å². The highest BCUT2D eigenvalue weighted by Gasteiger charge is 2.30. The summed E-state index contributed by atoms with van der Waals surface area (Å²) >= 11 is 0. The van der Waals surface area contributed by atoms with Crippen molar-refractivity contribution in [2.75, 3.05) is 6.54 Å². The lowest BCUT2D eigenvalue weighted by Gasteiger charge is -2.27. The first-order chi connectivity index (χ1) is 12.2. The molecule has 0 spiro atoms. The van der Waals surface area contributed by atoms with E-state index in [-0.39, 0.29) is 17.9 Å². The zero-order valence-electron chi connectivity index (χ0n) is 14.1. The second-order valence-electron chi connectivity index (χ2n) is 7.13. The molecular weight excluding hydrogens is 318 g/mol. The van der Waals surface area contributed by atoms with Crippen LogP contribution >= 0.6 is 0 Å². The monoisotopic (exact) mass is 341 g/mol. The van der Waals surface area contributed by atoms with E-state index in [1.807, 2.05) is 12.1 Å². The Kier molecular flexibility index (Phi) is 4.53. The molecule has 6 heteroatoms. The van der Waals surface area contributed by atoms with E-state index in [1.54, 1.807) is 12.1 Å². The van der Waals surface area contributed by atoms with Crippen LogP contribution in [0.15, 0.2) is 28.8 Å². The lowest BCUT2D eigenvalue weighted by molar-refractivity contribution is 0.0663. The molecule has 2 saturated carbocycles. The first-order valence-electron chi connectivity index (χ1n) is 9.11. The molecule has 1 amide bonds. The molecule has 2 aromatic rings. The summed E-state index contributed by atoms with van der Waals surface area (Å²) in [6.45, 7) is 0.512. The molecule has 0 aliphatic heterocycles. The van der Waals surface area contributed by atoms with E-state index in [4.69, 9.17) is 4.52 Å². The first-order valence-corrected chi connectivity index (χ1v) is 9.11. The Labute approximate surface area is 146 Å². The van der Waals surface area contributed by atoms with E-state index < -0.39 is 0 Å². The predicted molar refractivity (Wildman–Crippen MR) is 92.0 cm³/mol. The molecule has 6 nitrogen and oxygen atoms in total. The minimum absolute atomic E-state index is 0.134. The SMILES string of the molecule is O=C(NC[C@@H]1CCCC[C@@H]1O)c1cccc(-c2noc(C3CC3)n2)c1. The van der Waals surface area contributed by atoms with Gasteiger partial charge in [-0.3, -0.25) is 4.79 Å². The van der Waals surface area contributed by atoms with Gasteiger partial charge in [0.05, 0.1) is 6.10 Å². The summed E-state index contributed by atoms with van der Waals surface area (Å²) < 4.78 is 5.29. The molecule has 2 N–H and O–H groups in total. The molecular formula is C19H23N3O3. The molecule has 4 rings (SSSR count). The molecule has 0 saturated heterocycles. The third-order valence-corrected chi connectivity index (χ3v) is 5.15. The van der Waals surface area contributed by atoms with E-state index in [0.29, 0.717) is 29.7 Å². The van der Waals surface area contributed by atoms with Crippen LogP contribution in [0.4, 0.5) is 0 Å². The van der Waals surface area contributed by atoms with Gasteiger partial charge in [0.1, 0.15) is 0 Å². The Balaban J connectivity index is 1.42. The molecule has 1 aromatic heterocycles. The molecule has 0 unspecified atom stereocenters. The number of hydrogen-bond acceptors (Lipinski definition) is 5. The van der Waals surface area contributed by atoms with Crippen molar-refractivity contribution in [1.82, 2.24) is 15.5 Å². The van der Waals surface area contributed by atoms with Crippen molar-refractivity contribution < 1.29 is 14.4 Å². The van der Waals surface area contributed by atoms with Crippen LogP contribution in [0.1, 0.15) is 60.7 Å². The number of aliphatic hydroxyl groups excluding tert-OH is 1. The number of hydrogen-bond donors (Lipinski definition) is 2. The fraction of sp³-hybridized carbons (Fsp3) is 0.526. The van der Waals surface area contributed by atoms with Crippen LogP contribution in [0.3, 0.4) is 0 Å². The molecule has 132 valence electrons. The highest BCUT2D eigenvalue weighted by Crippen LogP contribution is 2.39. The summed E-state index contributed by atoms with van der Waals surface area (Å²) in [6.07, 6.45) is 5.90. The summed E-state index contributed by atoms with van der Waals surface area (Å²) in [7, 11) is 0. The van der Waals surface area contributed by atoms with Gasteiger partial charge in [0.15, 0.2) is 0 Å². The van der Waals surface area contributed by atoms with E-state index in [0.717, 1.165) is 44.1 Å². The topological polar surface area (TPSA) is 88.2 Å². The number of aromatic nitrogens is 2. The maximum atomic E-state index is 12.4. The smallest absolute Gasteiger partial charge is 0.251 e. The summed E-state index contributed by atoms with van der Waals surface area (Å²) in [5.74, 6) is 1.65. The maximum absolute atomic E-state index is 12.4. The van der Waals surface area contributed by atoms with Crippen LogP contribution in [-0.2, 0) is 0 Å². The van der Waals surface area contributed by atoms with Gasteiger partial charge < -0.3 is 14.9 Å². The number of benzene rings is 1. The fourth-order valence-corrected chi connectivity index (χ4v) is 3.40. The Morgan fingerprint density at radius 3 is 2.88 bits per heavy atom. The number of rotatable bonds is 5. The number of nitrogens with zero attached hydrogens (tertiary/aromatic N) is 2. The number of nitrogens with one attached hydrogen (secondary N) is 1. The van der Waals surface area contributed by atoms with Gasteiger partial charge in [-0.15, -0.1) is 0 Å². The van der Waals surface area contributed by atoms with Crippen molar-refractivity contribution in [3.63, 3.8) is 0 Å². The minimum Gasteiger partial charge on any atom is -0.393 e. The van der Waals surface area contributed by atoms with Crippen LogP contribution in [0.5, 0.6) is 0 Å². The maximum Gasteiger partial charge on any atom is 0.251 e. The van der Waals surface area contributed by atoms with Gasteiger partial charge >= 0.3 is 0 Å². The van der Waals surface area contributed by atoms with E-state index in [2.05, 4.69) is 15.5 Å². The summed E-state index contributed by atoms with van der Waals surface area (Å²) in [6, 6.07) is 7.27. The zero-order valence-corrected chi connectivity index (χ0v) is 14.1. The van der Waals surface area contributed by atoms with Gasteiger partial charge in [0.25, 0.3) is 5.91 Å². The zero-order chi connectivity index (χ0) is 17.2. The summed E-state index contributed by atoms with van der Waals surface area (Å²) in [4.78, 5) is 16.9. The van der Waals surface area contributed by atoms with Gasteiger partial charge in [-0.25, -0.2) is 0 Å². The number of aliphatic hydroxyl groups is 1. The highest BCUT2D eigenvalue weighted by atomic mass is 16.5. The summed E-state index contributed by atoms with van der Waals surface area (Å²) in [5, 5.41) is 17.0. The number of carbonyl (C=O) groups is 1. The van der Waals surface area contributed by atoms with E-state index in [1.165, 1.54) is 0 Å². The highest BCUT2D eigenvalue weighted by molar-refractivity contribution is 5.95. The first kappa shape index (κ1) is 16.3. The molecule has 0 radical (unpaired) electrons. The van der Waals surface area contributed by atoms with Crippen LogP contribution in [-0.4, -0.2) is 33.8 Å². The van der Waals surface area contributed by atoms with E-state index >= 15 is 0 Å². The van der Waals surface area contributed by atoms with Gasteiger partial charge in [-0.05, 0) is 37.8 Å². The third kappa shape index (κ3) is 3.74. The average Bonchev–Trinajstić information content (AvgIpc) is 3.38. The van der Waals surface area contributed by atoms with Crippen molar-refractivity contribution >= 4 is 5.91 Å². The van der Waals surface area contributed by atoms with E-state index in [9.17, 15) is 9.90 Å². The third-order valence-electron chi connectivity index (χ3n) is 5.15. The standard InChI is InChI=1S/C19H23N3O3/c23-16-7-2-1-4-15(16)11-20-18(24)14-6-3-5-13(10-14)17-21-19(25-22-17)12-8-9-12/h3,5-6,10,12,15-16,23H,1-2,4,7-9,11H2,(H,20,24)/t15-,16-/m0/s1. The molecule has 1 aromatic carbocycles. The van der Waals surface area contributed by atoms with Crippen molar-refractivity contribution in [1.29, 1.82) is 0 Å². The van der Waals surface area contributed by atoms with Gasteiger partial charge in [-0.2, -0.15) is 4.98 Å². The number of amides is 1. The van der Waals surface area contributed by atoms with Crippen LogP contribution < -0.4 is 5.32 Å². The molecule has 0 bridgehead atoms.